The molecule has 0 amide bonds. The Kier molecular flexibility index (Phi) is 3.71. The van der Waals surface area contributed by atoms with Crippen LogP contribution in [0, 0.1) is 0 Å². The third-order valence-corrected chi connectivity index (χ3v) is 3.89. The van der Waals surface area contributed by atoms with Crippen molar-refractivity contribution in [2.24, 2.45) is 0 Å². The summed E-state index contributed by atoms with van der Waals surface area (Å²) in [4.78, 5) is 4.38. The minimum Gasteiger partial charge on any atom is -0.484 e. The van der Waals surface area contributed by atoms with Crippen LogP contribution in [0.1, 0.15) is 6.42 Å². The molecule has 1 aromatic carbocycles. The van der Waals surface area contributed by atoms with Crippen molar-refractivity contribution in [3.63, 3.8) is 0 Å². The van der Waals surface area contributed by atoms with E-state index in [2.05, 4.69) is 14.5 Å². The predicted molar refractivity (Wildman–Crippen MR) is 71.3 cm³/mol. The summed E-state index contributed by atoms with van der Waals surface area (Å²) < 4.78 is 40.9. The first-order valence-electron chi connectivity index (χ1n) is 6.87. The molecule has 2 atom stereocenters. The number of aliphatic hydroxyl groups excluding tert-OH is 1. The van der Waals surface area contributed by atoms with Gasteiger partial charge in [-0.05, 0) is 30.7 Å². The predicted octanol–water partition coefficient (Wildman–Crippen LogP) is 1.84. The number of rotatable bonds is 3. The van der Waals surface area contributed by atoms with Crippen molar-refractivity contribution < 1.29 is 23.0 Å². The third kappa shape index (κ3) is 3.41. The van der Waals surface area contributed by atoms with Crippen molar-refractivity contribution in [1.29, 1.82) is 0 Å². The Morgan fingerprint density at radius 1 is 1.19 bits per heavy atom. The summed E-state index contributed by atoms with van der Waals surface area (Å²) in [6.45, 7) is 0.988. The molecule has 2 unspecified atom stereocenters. The standard InChI is InChI=1S/C14H17F3N2O2/c15-14(16,17)8-21-13-3-1-10(2-4-13)18-6-11-5-12(20)7-19(11)9-18/h1-4,11-12,20H,5-9H2. The van der Waals surface area contributed by atoms with Gasteiger partial charge in [-0.25, -0.2) is 0 Å². The summed E-state index contributed by atoms with van der Waals surface area (Å²) in [6.07, 6.45) is -3.78. The van der Waals surface area contributed by atoms with Crippen LogP contribution in [0.15, 0.2) is 24.3 Å². The summed E-state index contributed by atoms with van der Waals surface area (Å²) >= 11 is 0. The van der Waals surface area contributed by atoms with Crippen LogP contribution < -0.4 is 9.64 Å². The number of benzene rings is 1. The van der Waals surface area contributed by atoms with E-state index in [4.69, 9.17) is 0 Å². The fourth-order valence-electron chi connectivity index (χ4n) is 2.96. The van der Waals surface area contributed by atoms with Crippen molar-refractivity contribution in [2.75, 3.05) is 31.3 Å². The molecule has 1 aromatic rings. The zero-order valence-electron chi connectivity index (χ0n) is 11.4. The van der Waals surface area contributed by atoms with Crippen LogP contribution in [0.25, 0.3) is 0 Å². The Morgan fingerprint density at radius 3 is 2.52 bits per heavy atom. The Labute approximate surface area is 120 Å². The molecule has 2 heterocycles. The molecule has 1 N–H and O–H groups in total. The van der Waals surface area contributed by atoms with Gasteiger partial charge >= 0.3 is 6.18 Å². The number of halogens is 3. The Morgan fingerprint density at radius 2 is 1.90 bits per heavy atom. The summed E-state index contributed by atoms with van der Waals surface area (Å²) in [7, 11) is 0. The number of fused-ring (bicyclic) bond motifs is 1. The molecule has 2 saturated heterocycles. The number of nitrogens with zero attached hydrogens (tertiary/aromatic N) is 2. The number of anilines is 1. The zero-order valence-corrected chi connectivity index (χ0v) is 11.4. The highest BCUT2D eigenvalue weighted by molar-refractivity contribution is 5.50. The van der Waals surface area contributed by atoms with Crippen LogP contribution in [-0.2, 0) is 0 Å². The molecule has 0 bridgehead atoms. The van der Waals surface area contributed by atoms with E-state index < -0.39 is 12.8 Å². The normalized spacial score (nSPS) is 26.2. The Hall–Kier alpha value is -1.47. The van der Waals surface area contributed by atoms with E-state index in [9.17, 15) is 18.3 Å². The van der Waals surface area contributed by atoms with Crippen LogP contribution in [0.3, 0.4) is 0 Å². The van der Waals surface area contributed by atoms with Crippen molar-refractivity contribution in [3.8, 4) is 5.75 Å². The minimum atomic E-state index is -4.32. The van der Waals surface area contributed by atoms with Gasteiger partial charge in [0.1, 0.15) is 5.75 Å². The van der Waals surface area contributed by atoms with Crippen LogP contribution in [0.2, 0.25) is 0 Å². The van der Waals surface area contributed by atoms with Gasteiger partial charge in [-0.15, -0.1) is 0 Å². The highest BCUT2D eigenvalue weighted by Crippen LogP contribution is 2.29. The molecule has 0 spiro atoms. The van der Waals surface area contributed by atoms with E-state index in [1.807, 2.05) is 0 Å². The molecular weight excluding hydrogens is 285 g/mol. The SMILES string of the molecule is OC1CC2CN(c3ccc(OCC(F)(F)F)cc3)CN2C1. The van der Waals surface area contributed by atoms with Gasteiger partial charge in [0.2, 0.25) is 0 Å². The third-order valence-electron chi connectivity index (χ3n) is 3.89. The molecule has 3 rings (SSSR count). The molecule has 2 aliphatic heterocycles. The molecule has 116 valence electrons. The lowest BCUT2D eigenvalue weighted by Gasteiger charge is -2.20. The number of hydrogen-bond donors (Lipinski definition) is 1. The summed E-state index contributed by atoms with van der Waals surface area (Å²) in [5.41, 5.74) is 0.957. The molecule has 2 fully saturated rings. The highest BCUT2D eigenvalue weighted by atomic mass is 19.4. The first-order chi connectivity index (χ1) is 9.90. The first kappa shape index (κ1) is 14.5. The van der Waals surface area contributed by atoms with Crippen molar-refractivity contribution in [1.82, 2.24) is 4.90 Å². The second-order valence-electron chi connectivity index (χ2n) is 5.58. The van der Waals surface area contributed by atoms with Gasteiger partial charge in [0, 0.05) is 24.8 Å². The van der Waals surface area contributed by atoms with E-state index in [1.54, 1.807) is 24.3 Å². The van der Waals surface area contributed by atoms with Crippen LogP contribution in [-0.4, -0.2) is 54.7 Å². The molecule has 7 heteroatoms. The van der Waals surface area contributed by atoms with Crippen molar-refractivity contribution >= 4 is 5.69 Å². The van der Waals surface area contributed by atoms with E-state index in [0.29, 0.717) is 12.6 Å². The fraction of sp³-hybridized carbons (Fsp3) is 0.571. The van der Waals surface area contributed by atoms with Gasteiger partial charge in [0.15, 0.2) is 6.61 Å². The summed E-state index contributed by atoms with van der Waals surface area (Å²) in [6, 6.07) is 7.01. The Bertz CT molecular complexity index is 478. The molecule has 21 heavy (non-hydrogen) atoms. The van der Waals surface area contributed by atoms with Crippen molar-refractivity contribution in [2.45, 2.75) is 24.7 Å². The van der Waals surface area contributed by atoms with Gasteiger partial charge in [-0.2, -0.15) is 13.2 Å². The molecule has 0 aliphatic carbocycles. The number of alkyl halides is 3. The maximum Gasteiger partial charge on any atom is 0.422 e. The first-order valence-corrected chi connectivity index (χ1v) is 6.87. The maximum atomic E-state index is 12.1. The van der Waals surface area contributed by atoms with Gasteiger partial charge in [-0.3, -0.25) is 4.90 Å². The smallest absolute Gasteiger partial charge is 0.422 e. The monoisotopic (exact) mass is 302 g/mol. The second kappa shape index (κ2) is 5.38. The van der Waals surface area contributed by atoms with E-state index in [1.165, 1.54) is 0 Å². The molecule has 4 nitrogen and oxygen atoms in total. The van der Waals surface area contributed by atoms with Crippen molar-refractivity contribution in [3.05, 3.63) is 24.3 Å². The topological polar surface area (TPSA) is 35.9 Å². The summed E-state index contributed by atoms with van der Waals surface area (Å²) in [5.74, 6) is 0.214. The van der Waals surface area contributed by atoms with Crippen LogP contribution in [0.4, 0.5) is 18.9 Å². The van der Waals surface area contributed by atoms with E-state index in [0.717, 1.165) is 25.3 Å². The number of ether oxygens (including phenoxy) is 1. The Balaban J connectivity index is 1.58. The zero-order chi connectivity index (χ0) is 15.0. The quantitative estimate of drug-likeness (QED) is 0.924. The molecule has 0 saturated carbocycles. The maximum absolute atomic E-state index is 12.1. The van der Waals surface area contributed by atoms with Gasteiger partial charge < -0.3 is 14.7 Å². The average molecular weight is 302 g/mol. The van der Waals surface area contributed by atoms with Crippen LogP contribution in [0.5, 0.6) is 5.75 Å². The fourth-order valence-corrected chi connectivity index (χ4v) is 2.96. The van der Waals surface area contributed by atoms with E-state index in [-0.39, 0.29) is 11.9 Å². The van der Waals surface area contributed by atoms with Gasteiger partial charge in [-0.1, -0.05) is 0 Å². The average Bonchev–Trinajstić information content (AvgIpc) is 2.93. The molecule has 2 aliphatic rings. The highest BCUT2D eigenvalue weighted by Gasteiger charge is 2.38. The second-order valence-corrected chi connectivity index (χ2v) is 5.58. The lowest BCUT2D eigenvalue weighted by molar-refractivity contribution is -0.153. The number of aliphatic hydroxyl groups is 1. The summed E-state index contributed by atoms with van der Waals surface area (Å²) in [5, 5.41) is 9.58. The van der Waals surface area contributed by atoms with Crippen LogP contribution >= 0.6 is 0 Å². The molecule has 0 radical (unpaired) electrons. The van der Waals surface area contributed by atoms with Gasteiger partial charge in [0.05, 0.1) is 12.8 Å². The van der Waals surface area contributed by atoms with Gasteiger partial charge in [0.25, 0.3) is 0 Å². The number of hydrogen-bond acceptors (Lipinski definition) is 4. The minimum absolute atomic E-state index is 0.214. The lowest BCUT2D eigenvalue weighted by atomic mass is 10.2. The molecule has 0 aromatic heterocycles. The van der Waals surface area contributed by atoms with E-state index >= 15 is 0 Å². The molecular formula is C14H17F3N2O2. The largest absolute Gasteiger partial charge is 0.484 e. The lowest BCUT2D eigenvalue weighted by Crippen LogP contribution is -2.27.